The van der Waals surface area contributed by atoms with E-state index in [1.54, 1.807) is 12.1 Å². The zero-order valence-corrected chi connectivity index (χ0v) is 11.2. The molecule has 0 saturated heterocycles. The zero-order valence-electron chi connectivity index (χ0n) is 11.2. The maximum atomic E-state index is 10.3. The Morgan fingerprint density at radius 3 is 2.16 bits per heavy atom. The highest BCUT2D eigenvalue weighted by atomic mass is 16.4. The van der Waals surface area contributed by atoms with E-state index < -0.39 is 5.97 Å². The molecule has 1 aromatic carbocycles. The lowest BCUT2D eigenvalue weighted by atomic mass is 9.86. The Labute approximate surface area is 113 Å². The van der Waals surface area contributed by atoms with Gasteiger partial charge in [-0.3, -0.25) is 0 Å². The lowest BCUT2D eigenvalue weighted by Gasteiger charge is -2.23. The van der Waals surface area contributed by atoms with E-state index in [0.29, 0.717) is 5.92 Å². The van der Waals surface area contributed by atoms with Gasteiger partial charge in [-0.05, 0) is 37.8 Å². The molecule has 1 atom stereocenters. The molecule has 1 unspecified atom stereocenters. The summed E-state index contributed by atoms with van der Waals surface area (Å²) in [6.07, 6.45) is 6.47. The summed E-state index contributed by atoms with van der Waals surface area (Å²) >= 11 is 0. The van der Waals surface area contributed by atoms with Gasteiger partial charge in [0.15, 0.2) is 0 Å². The van der Waals surface area contributed by atoms with E-state index in [9.17, 15) is 9.90 Å². The number of para-hydroxylation sites is 1. The normalized spacial score (nSPS) is 17.2. The van der Waals surface area contributed by atoms with Crippen LogP contribution in [0.2, 0.25) is 0 Å². The van der Waals surface area contributed by atoms with Gasteiger partial charge < -0.3 is 15.3 Å². The molecule has 106 valence electrons. The Kier molecular flexibility index (Phi) is 6.36. The van der Waals surface area contributed by atoms with Gasteiger partial charge in [0.05, 0.1) is 6.10 Å². The standard InChI is InChI=1S/C8H16O.C7H6O3/c1-7(9)8-5-3-2-4-6-8;8-6-4-2-1-3-5(6)7(9)10/h7-9H,2-6H2,1H3;1-4,8H,(H,9,10). The molecule has 1 fully saturated rings. The Morgan fingerprint density at radius 2 is 1.79 bits per heavy atom. The second-order valence-electron chi connectivity index (χ2n) is 4.96. The van der Waals surface area contributed by atoms with Crippen molar-refractivity contribution < 1.29 is 20.1 Å². The van der Waals surface area contributed by atoms with Crippen molar-refractivity contribution in [2.45, 2.75) is 45.1 Å². The first-order chi connectivity index (χ1) is 9.02. The van der Waals surface area contributed by atoms with E-state index in [-0.39, 0.29) is 17.4 Å². The fraction of sp³-hybridized carbons (Fsp3) is 0.533. The van der Waals surface area contributed by atoms with Gasteiger partial charge in [0.25, 0.3) is 0 Å². The second-order valence-corrected chi connectivity index (χ2v) is 4.96. The van der Waals surface area contributed by atoms with Gasteiger partial charge in [-0.25, -0.2) is 4.79 Å². The average Bonchev–Trinajstić information content (AvgIpc) is 2.40. The van der Waals surface area contributed by atoms with Crippen molar-refractivity contribution in [3.8, 4) is 5.75 Å². The molecule has 0 spiro atoms. The lowest BCUT2D eigenvalue weighted by molar-refractivity contribution is 0.0693. The van der Waals surface area contributed by atoms with Crippen molar-refractivity contribution in [2.24, 2.45) is 5.92 Å². The number of carboxylic acid groups (broad SMARTS) is 1. The summed E-state index contributed by atoms with van der Waals surface area (Å²) in [5, 5.41) is 26.5. The number of rotatable bonds is 2. The molecule has 1 aliphatic carbocycles. The van der Waals surface area contributed by atoms with Crippen LogP contribution in [0.5, 0.6) is 5.75 Å². The number of aromatic carboxylic acids is 1. The maximum absolute atomic E-state index is 10.3. The van der Waals surface area contributed by atoms with Crippen LogP contribution in [0.15, 0.2) is 24.3 Å². The summed E-state index contributed by atoms with van der Waals surface area (Å²) < 4.78 is 0. The third-order valence-electron chi connectivity index (χ3n) is 3.47. The first kappa shape index (κ1) is 15.5. The van der Waals surface area contributed by atoms with Crippen LogP contribution in [0.4, 0.5) is 0 Å². The SMILES string of the molecule is CC(O)C1CCCCC1.O=C(O)c1ccccc1O. The minimum Gasteiger partial charge on any atom is -0.507 e. The van der Waals surface area contributed by atoms with E-state index in [4.69, 9.17) is 10.2 Å². The molecule has 0 bridgehead atoms. The van der Waals surface area contributed by atoms with Crippen molar-refractivity contribution in [1.82, 2.24) is 0 Å². The van der Waals surface area contributed by atoms with Gasteiger partial charge in [0.2, 0.25) is 0 Å². The largest absolute Gasteiger partial charge is 0.507 e. The number of benzene rings is 1. The number of hydrogen-bond acceptors (Lipinski definition) is 3. The van der Waals surface area contributed by atoms with Crippen molar-refractivity contribution in [3.05, 3.63) is 29.8 Å². The van der Waals surface area contributed by atoms with Crippen LogP contribution in [0.1, 0.15) is 49.4 Å². The molecule has 0 radical (unpaired) electrons. The molecule has 0 amide bonds. The summed E-state index contributed by atoms with van der Waals surface area (Å²) in [4.78, 5) is 10.3. The van der Waals surface area contributed by atoms with Crippen LogP contribution in [0.25, 0.3) is 0 Å². The first-order valence-electron chi connectivity index (χ1n) is 6.71. The van der Waals surface area contributed by atoms with Gasteiger partial charge in [-0.15, -0.1) is 0 Å². The minimum atomic E-state index is -1.11. The smallest absolute Gasteiger partial charge is 0.339 e. The zero-order chi connectivity index (χ0) is 14.3. The lowest BCUT2D eigenvalue weighted by Crippen LogP contribution is -2.19. The third-order valence-corrected chi connectivity index (χ3v) is 3.47. The van der Waals surface area contributed by atoms with Crippen molar-refractivity contribution in [3.63, 3.8) is 0 Å². The topological polar surface area (TPSA) is 77.8 Å². The van der Waals surface area contributed by atoms with E-state index >= 15 is 0 Å². The number of aliphatic hydroxyl groups excluding tert-OH is 1. The highest BCUT2D eigenvalue weighted by Crippen LogP contribution is 2.25. The van der Waals surface area contributed by atoms with Gasteiger partial charge >= 0.3 is 5.97 Å². The first-order valence-corrected chi connectivity index (χ1v) is 6.71. The summed E-state index contributed by atoms with van der Waals surface area (Å²) in [6, 6.07) is 5.81. The molecule has 2 rings (SSSR count). The second kappa shape index (κ2) is 7.79. The van der Waals surface area contributed by atoms with Gasteiger partial charge in [0, 0.05) is 0 Å². The van der Waals surface area contributed by atoms with Crippen LogP contribution in [-0.4, -0.2) is 27.4 Å². The molecule has 1 aliphatic rings. The molecule has 19 heavy (non-hydrogen) atoms. The molecule has 0 heterocycles. The highest BCUT2D eigenvalue weighted by molar-refractivity contribution is 5.90. The fourth-order valence-electron chi connectivity index (χ4n) is 2.27. The maximum Gasteiger partial charge on any atom is 0.339 e. The molecule has 4 heteroatoms. The molecular formula is C15H22O4. The number of hydrogen-bond donors (Lipinski definition) is 3. The summed E-state index contributed by atoms with van der Waals surface area (Å²) in [5.74, 6) is -0.702. The average molecular weight is 266 g/mol. The molecule has 0 aromatic heterocycles. The Morgan fingerprint density at radius 1 is 1.21 bits per heavy atom. The Balaban J connectivity index is 0.000000191. The number of carbonyl (C=O) groups is 1. The van der Waals surface area contributed by atoms with Gasteiger partial charge in [0.1, 0.15) is 11.3 Å². The van der Waals surface area contributed by atoms with E-state index in [1.165, 1.54) is 44.2 Å². The number of aliphatic hydroxyl groups is 1. The van der Waals surface area contributed by atoms with Crippen LogP contribution in [0.3, 0.4) is 0 Å². The van der Waals surface area contributed by atoms with Crippen LogP contribution < -0.4 is 0 Å². The number of aromatic hydroxyl groups is 1. The minimum absolute atomic E-state index is 0.0645. The summed E-state index contributed by atoms with van der Waals surface area (Å²) in [5.41, 5.74) is -0.0671. The van der Waals surface area contributed by atoms with E-state index in [2.05, 4.69) is 0 Å². The highest BCUT2D eigenvalue weighted by Gasteiger charge is 2.17. The molecule has 0 aliphatic heterocycles. The van der Waals surface area contributed by atoms with Crippen LogP contribution in [0, 0.1) is 5.92 Å². The number of carboxylic acids is 1. The third kappa shape index (κ3) is 5.30. The monoisotopic (exact) mass is 266 g/mol. The Bertz CT molecular complexity index is 395. The summed E-state index contributed by atoms with van der Waals surface area (Å²) in [6.45, 7) is 1.91. The van der Waals surface area contributed by atoms with Crippen LogP contribution >= 0.6 is 0 Å². The van der Waals surface area contributed by atoms with Crippen LogP contribution in [-0.2, 0) is 0 Å². The molecule has 3 N–H and O–H groups in total. The quantitative estimate of drug-likeness (QED) is 0.769. The van der Waals surface area contributed by atoms with Crippen molar-refractivity contribution >= 4 is 5.97 Å². The molecular weight excluding hydrogens is 244 g/mol. The number of phenols is 1. The predicted molar refractivity (Wildman–Crippen MR) is 73.3 cm³/mol. The van der Waals surface area contributed by atoms with Gasteiger partial charge in [-0.1, -0.05) is 31.4 Å². The van der Waals surface area contributed by atoms with Crippen molar-refractivity contribution in [2.75, 3.05) is 0 Å². The molecule has 1 aromatic rings. The fourth-order valence-corrected chi connectivity index (χ4v) is 2.27. The predicted octanol–water partition coefficient (Wildman–Crippen LogP) is 3.04. The Hall–Kier alpha value is -1.55. The van der Waals surface area contributed by atoms with Gasteiger partial charge in [-0.2, -0.15) is 0 Å². The molecule has 1 saturated carbocycles. The molecule has 4 nitrogen and oxygen atoms in total. The van der Waals surface area contributed by atoms with Crippen molar-refractivity contribution in [1.29, 1.82) is 0 Å². The van der Waals surface area contributed by atoms with E-state index in [0.717, 1.165) is 0 Å². The van der Waals surface area contributed by atoms with E-state index in [1.807, 2.05) is 6.92 Å². The summed E-state index contributed by atoms with van der Waals surface area (Å²) in [7, 11) is 0.